The highest BCUT2D eigenvalue weighted by Gasteiger charge is 2.35. The van der Waals surface area contributed by atoms with Crippen LogP contribution < -0.4 is 10.9 Å². The van der Waals surface area contributed by atoms with Crippen molar-refractivity contribution in [2.24, 2.45) is 7.05 Å². The number of carbonyl (C=O) groups excluding carboxylic acids is 1. The van der Waals surface area contributed by atoms with Crippen molar-refractivity contribution in [3.8, 4) is 11.1 Å². The molecule has 11 heteroatoms. The fourth-order valence-electron chi connectivity index (χ4n) is 4.07. The third-order valence-electron chi connectivity index (χ3n) is 6.06. The van der Waals surface area contributed by atoms with Crippen LogP contribution in [0.3, 0.4) is 0 Å². The van der Waals surface area contributed by atoms with E-state index in [9.17, 15) is 22.4 Å². The number of nitrogens with one attached hydrogen (secondary N) is 2. The van der Waals surface area contributed by atoms with Crippen molar-refractivity contribution in [3.63, 3.8) is 0 Å². The third kappa shape index (κ3) is 5.65. The Morgan fingerprint density at radius 3 is 2.37 bits per heavy atom. The number of hydrogen-bond acceptors (Lipinski definition) is 2. The molecule has 0 radical (unpaired) electrons. The smallest absolute Gasteiger partial charge is 0.348 e. The lowest BCUT2D eigenvalue weighted by Crippen LogP contribution is -2.25. The molecule has 4 aromatic rings. The van der Waals surface area contributed by atoms with E-state index in [1.165, 1.54) is 21.3 Å². The molecule has 0 aliphatic rings. The van der Waals surface area contributed by atoms with E-state index in [4.69, 9.17) is 17.0 Å². The van der Waals surface area contributed by atoms with Crippen molar-refractivity contribution in [1.82, 2.24) is 14.5 Å². The second-order valence-corrected chi connectivity index (χ2v) is 9.23. The second-order valence-electron chi connectivity index (χ2n) is 8.82. The predicted molar refractivity (Wildman–Crippen MR) is 133 cm³/mol. The summed E-state index contributed by atoms with van der Waals surface area (Å²) in [5.74, 6) is -3.16. The van der Waals surface area contributed by atoms with Gasteiger partial charge in [0.2, 0.25) is 5.62 Å². The molecule has 1 heterocycles. The maximum absolute atomic E-state index is 15.7. The minimum Gasteiger partial charge on any atom is -0.348 e. The quantitative estimate of drug-likeness (QED) is 0.277. The number of aryl methyl sites for hydroxylation is 2. The minimum atomic E-state index is -4.97. The highest BCUT2D eigenvalue weighted by atomic mass is 35.5. The molecule has 1 amide bonds. The van der Waals surface area contributed by atoms with Gasteiger partial charge in [-0.3, -0.25) is 10.2 Å². The van der Waals surface area contributed by atoms with E-state index in [-0.39, 0.29) is 30.3 Å². The van der Waals surface area contributed by atoms with Gasteiger partial charge in [-0.15, -0.1) is 0 Å². The van der Waals surface area contributed by atoms with Crippen molar-refractivity contribution >= 4 is 17.5 Å². The lowest BCUT2D eigenvalue weighted by molar-refractivity contribution is -0.137. The first kappa shape index (κ1) is 27.1. The highest BCUT2D eigenvalue weighted by molar-refractivity contribution is 6.31. The summed E-state index contributed by atoms with van der Waals surface area (Å²) >= 11 is 6.03. The third-order valence-corrected chi connectivity index (χ3v) is 6.48. The maximum atomic E-state index is 15.7. The zero-order valence-corrected chi connectivity index (χ0v) is 21.0. The Labute approximate surface area is 219 Å². The molecule has 3 aromatic carbocycles. The van der Waals surface area contributed by atoms with Crippen molar-refractivity contribution in [2.45, 2.75) is 26.2 Å². The molecule has 5 nitrogen and oxygen atoms in total. The molecule has 2 N–H and O–H groups in total. The number of alkyl halides is 3. The fraction of sp³-hybridized carbons (Fsp3) is 0.185. The SMILES string of the molecule is Cc1cc(CNC(=O)c2cc(Cn3ccn(C)c3=N)cc(-c3ccc(F)cc3C(F)(F)F)c2F)ccc1Cl. The Hall–Kier alpha value is -3.92. The van der Waals surface area contributed by atoms with E-state index >= 15 is 4.39 Å². The molecule has 0 fully saturated rings. The summed E-state index contributed by atoms with van der Waals surface area (Å²) in [5.41, 5.74) is -1.15. The predicted octanol–water partition coefficient (Wildman–Crippen LogP) is 6.21. The van der Waals surface area contributed by atoms with Crippen LogP contribution in [0, 0.1) is 24.0 Å². The van der Waals surface area contributed by atoms with Gasteiger partial charge < -0.3 is 14.5 Å². The summed E-state index contributed by atoms with van der Waals surface area (Å²) in [5, 5.41) is 11.3. The fourth-order valence-corrected chi connectivity index (χ4v) is 4.18. The van der Waals surface area contributed by atoms with Crippen LogP contribution in [0.1, 0.15) is 32.6 Å². The average Bonchev–Trinajstić information content (AvgIpc) is 3.17. The van der Waals surface area contributed by atoms with Crippen LogP contribution in [0.4, 0.5) is 22.0 Å². The lowest BCUT2D eigenvalue weighted by atomic mass is 9.94. The van der Waals surface area contributed by atoms with Crippen molar-refractivity contribution < 1.29 is 26.7 Å². The van der Waals surface area contributed by atoms with Gasteiger partial charge in [-0.2, -0.15) is 13.2 Å². The van der Waals surface area contributed by atoms with E-state index in [2.05, 4.69) is 5.32 Å². The molecule has 0 spiro atoms. The number of benzene rings is 3. The Bertz CT molecular complexity index is 1590. The van der Waals surface area contributed by atoms with Gasteiger partial charge in [-0.25, -0.2) is 8.78 Å². The highest BCUT2D eigenvalue weighted by Crippen LogP contribution is 2.39. The van der Waals surface area contributed by atoms with Gasteiger partial charge in [-0.05, 0) is 59.5 Å². The van der Waals surface area contributed by atoms with Gasteiger partial charge in [-0.1, -0.05) is 29.8 Å². The van der Waals surface area contributed by atoms with Gasteiger partial charge in [0.05, 0.1) is 17.7 Å². The molecule has 198 valence electrons. The van der Waals surface area contributed by atoms with E-state index in [1.807, 2.05) is 0 Å². The Morgan fingerprint density at radius 1 is 1.00 bits per heavy atom. The monoisotopic (exact) mass is 548 g/mol. The molecule has 0 atom stereocenters. The van der Waals surface area contributed by atoms with Crippen LogP contribution in [-0.2, 0) is 26.3 Å². The average molecular weight is 549 g/mol. The van der Waals surface area contributed by atoms with Crippen LogP contribution >= 0.6 is 11.6 Å². The Morgan fingerprint density at radius 2 is 1.74 bits per heavy atom. The molecule has 0 aliphatic carbocycles. The van der Waals surface area contributed by atoms with Gasteiger partial charge in [0.15, 0.2) is 0 Å². The van der Waals surface area contributed by atoms with Crippen LogP contribution in [0.2, 0.25) is 5.02 Å². The van der Waals surface area contributed by atoms with Gasteiger partial charge in [0.25, 0.3) is 5.91 Å². The summed E-state index contributed by atoms with van der Waals surface area (Å²) in [7, 11) is 1.64. The number of amides is 1. The molecule has 0 aliphatic heterocycles. The molecule has 0 saturated heterocycles. The van der Waals surface area contributed by atoms with Crippen molar-refractivity contribution in [3.05, 3.63) is 111 Å². The second kappa shape index (κ2) is 10.4. The van der Waals surface area contributed by atoms with E-state index < -0.39 is 46.0 Å². The first-order valence-electron chi connectivity index (χ1n) is 11.3. The Kier molecular flexibility index (Phi) is 7.46. The number of carbonyl (C=O) groups is 1. The summed E-state index contributed by atoms with van der Waals surface area (Å²) in [6, 6.07) is 9.42. The Balaban J connectivity index is 1.80. The van der Waals surface area contributed by atoms with Crippen LogP contribution in [-0.4, -0.2) is 15.0 Å². The largest absolute Gasteiger partial charge is 0.417 e. The topological polar surface area (TPSA) is 62.8 Å². The van der Waals surface area contributed by atoms with Crippen LogP contribution in [0.5, 0.6) is 0 Å². The van der Waals surface area contributed by atoms with Gasteiger partial charge in [0.1, 0.15) is 11.6 Å². The first-order chi connectivity index (χ1) is 17.8. The zero-order valence-electron chi connectivity index (χ0n) is 20.3. The number of halogens is 6. The summed E-state index contributed by atoms with van der Waals surface area (Å²) in [6.45, 7) is 1.78. The molecule has 4 rings (SSSR count). The van der Waals surface area contributed by atoms with Crippen molar-refractivity contribution in [2.75, 3.05) is 0 Å². The summed E-state index contributed by atoms with van der Waals surface area (Å²) in [6.07, 6.45) is -1.79. The van der Waals surface area contributed by atoms with Crippen molar-refractivity contribution in [1.29, 1.82) is 5.41 Å². The molecule has 0 unspecified atom stereocenters. The maximum Gasteiger partial charge on any atom is 0.417 e. The number of rotatable bonds is 6. The normalized spacial score (nSPS) is 11.6. The van der Waals surface area contributed by atoms with E-state index in [0.29, 0.717) is 10.6 Å². The van der Waals surface area contributed by atoms with Crippen LogP contribution in [0.25, 0.3) is 11.1 Å². The first-order valence-corrected chi connectivity index (χ1v) is 11.7. The molecular weight excluding hydrogens is 527 g/mol. The van der Waals surface area contributed by atoms with E-state index in [0.717, 1.165) is 17.7 Å². The summed E-state index contributed by atoms with van der Waals surface area (Å²) in [4.78, 5) is 13.1. The standard InChI is InChI=1S/C27H22ClF5N4O/c1-15-9-16(3-6-23(15)28)13-35-25(38)21-11-17(14-37-8-7-36(2)26(37)34)10-20(24(21)30)19-5-4-18(29)12-22(19)27(31,32)33/h3-12,34H,13-14H2,1-2H3,(H,35,38). The molecule has 0 saturated carbocycles. The van der Waals surface area contributed by atoms with Gasteiger partial charge >= 0.3 is 6.18 Å². The molecule has 38 heavy (non-hydrogen) atoms. The minimum absolute atomic E-state index is 0.0183. The lowest BCUT2D eigenvalue weighted by Gasteiger charge is -2.17. The molecule has 0 bridgehead atoms. The number of nitrogens with zero attached hydrogens (tertiary/aromatic N) is 2. The molecule has 1 aromatic heterocycles. The summed E-state index contributed by atoms with van der Waals surface area (Å²) < 4.78 is 73.8. The number of imidazole rings is 1. The van der Waals surface area contributed by atoms with E-state index in [1.54, 1.807) is 44.6 Å². The molecular formula is C27H22ClF5N4O. The number of aromatic nitrogens is 2. The number of hydrogen-bond donors (Lipinski definition) is 2. The van der Waals surface area contributed by atoms with Crippen LogP contribution in [0.15, 0.2) is 60.9 Å². The zero-order chi connectivity index (χ0) is 27.8. The van der Waals surface area contributed by atoms with Gasteiger partial charge in [0, 0.05) is 36.6 Å².